The first-order chi connectivity index (χ1) is 12.0. The third-order valence-electron chi connectivity index (χ3n) is 3.41. The monoisotopic (exact) mass is 345 g/mol. The number of anilines is 2. The summed E-state index contributed by atoms with van der Waals surface area (Å²) in [4.78, 5) is 16.2. The van der Waals surface area contributed by atoms with Crippen LogP contribution in [-0.2, 0) is 0 Å². The van der Waals surface area contributed by atoms with Gasteiger partial charge < -0.3 is 15.8 Å². The zero-order valence-corrected chi connectivity index (χ0v) is 14.6. The molecular formula is C19H24FN3O2. The maximum absolute atomic E-state index is 12.8. The highest BCUT2D eigenvalue weighted by Gasteiger charge is 2.22. The lowest BCUT2D eigenvalue weighted by Crippen LogP contribution is -2.15. The van der Waals surface area contributed by atoms with Gasteiger partial charge in [-0.1, -0.05) is 20.3 Å². The number of amides is 1. The molecule has 25 heavy (non-hydrogen) atoms. The maximum atomic E-state index is 12.8. The van der Waals surface area contributed by atoms with Crippen molar-refractivity contribution in [3.8, 4) is 5.88 Å². The van der Waals surface area contributed by atoms with Gasteiger partial charge in [0.1, 0.15) is 11.6 Å². The van der Waals surface area contributed by atoms with Gasteiger partial charge >= 0.3 is 0 Å². The van der Waals surface area contributed by atoms with Crippen molar-refractivity contribution in [3.05, 3.63) is 47.8 Å². The van der Waals surface area contributed by atoms with Crippen molar-refractivity contribution in [1.82, 2.24) is 4.98 Å². The number of nitrogens with two attached hydrogens (primary N) is 1. The number of pyridine rings is 1. The largest absolute Gasteiger partial charge is 0.477 e. The molecule has 1 aliphatic rings. The van der Waals surface area contributed by atoms with Crippen LogP contribution in [0.15, 0.2) is 36.4 Å². The molecule has 1 aliphatic carbocycles. The Kier molecular flexibility index (Phi) is 6.74. The molecule has 0 atom stereocenters. The Labute approximate surface area is 147 Å². The molecule has 0 aliphatic heterocycles. The molecule has 1 saturated carbocycles. The van der Waals surface area contributed by atoms with E-state index in [1.807, 2.05) is 0 Å². The predicted octanol–water partition coefficient (Wildman–Crippen LogP) is 4.26. The molecule has 1 amide bonds. The second-order valence-electron chi connectivity index (χ2n) is 6.00. The zero-order chi connectivity index (χ0) is 18.2. The molecule has 1 fully saturated rings. The number of nitrogen functional groups attached to an aromatic ring is 1. The average molecular weight is 345 g/mol. The molecule has 0 bridgehead atoms. The van der Waals surface area contributed by atoms with Gasteiger partial charge in [0.2, 0.25) is 5.88 Å². The Hall–Kier alpha value is -2.63. The van der Waals surface area contributed by atoms with Gasteiger partial charge in [-0.05, 0) is 49.1 Å². The summed E-state index contributed by atoms with van der Waals surface area (Å²) in [6.07, 6.45) is 3.63. The summed E-state index contributed by atoms with van der Waals surface area (Å²) >= 11 is 0. The summed E-state index contributed by atoms with van der Waals surface area (Å²) in [5.41, 5.74) is 6.55. The van der Waals surface area contributed by atoms with Crippen LogP contribution in [0.1, 0.15) is 43.5 Å². The van der Waals surface area contributed by atoms with Gasteiger partial charge in [-0.3, -0.25) is 4.79 Å². The fourth-order valence-electron chi connectivity index (χ4n) is 1.95. The van der Waals surface area contributed by atoms with E-state index >= 15 is 0 Å². The van der Waals surface area contributed by atoms with Gasteiger partial charge in [-0.15, -0.1) is 0 Å². The second-order valence-corrected chi connectivity index (χ2v) is 6.00. The van der Waals surface area contributed by atoms with Gasteiger partial charge in [-0.2, -0.15) is 4.98 Å². The van der Waals surface area contributed by atoms with Gasteiger partial charge in [-0.25, -0.2) is 4.39 Å². The number of nitrogens with zero attached hydrogens (tertiary/aromatic N) is 1. The van der Waals surface area contributed by atoms with E-state index in [2.05, 4.69) is 24.1 Å². The van der Waals surface area contributed by atoms with Crippen molar-refractivity contribution in [2.24, 2.45) is 5.92 Å². The Balaban J connectivity index is 0.000000701. The summed E-state index contributed by atoms with van der Waals surface area (Å²) < 4.78 is 18.3. The number of hydrogen-bond donors (Lipinski definition) is 2. The van der Waals surface area contributed by atoms with E-state index in [1.54, 1.807) is 12.1 Å². The van der Waals surface area contributed by atoms with Crippen LogP contribution in [-0.4, -0.2) is 17.5 Å². The van der Waals surface area contributed by atoms with E-state index < -0.39 is 5.91 Å². The molecular weight excluding hydrogens is 321 g/mol. The highest BCUT2D eigenvalue weighted by atomic mass is 19.1. The van der Waals surface area contributed by atoms with E-state index in [0.29, 0.717) is 24.1 Å². The summed E-state index contributed by atoms with van der Waals surface area (Å²) in [5, 5.41) is 2.64. The fourth-order valence-corrected chi connectivity index (χ4v) is 1.95. The Bertz CT molecular complexity index is 700. The SMILES string of the molecule is CCC.Nc1nc(OCC2CC2)ccc1C(=O)Nc1ccc(F)cc1. The van der Waals surface area contributed by atoms with Gasteiger partial charge in [0.25, 0.3) is 5.91 Å². The molecule has 0 spiro atoms. The van der Waals surface area contributed by atoms with Crippen molar-refractivity contribution in [2.45, 2.75) is 33.1 Å². The number of nitrogens with one attached hydrogen (secondary N) is 1. The fraction of sp³-hybridized carbons (Fsp3) is 0.368. The van der Waals surface area contributed by atoms with Crippen molar-refractivity contribution in [3.63, 3.8) is 0 Å². The first-order valence-corrected chi connectivity index (χ1v) is 8.49. The van der Waals surface area contributed by atoms with E-state index in [0.717, 1.165) is 0 Å². The number of benzene rings is 1. The molecule has 2 aromatic rings. The first-order valence-electron chi connectivity index (χ1n) is 8.49. The quantitative estimate of drug-likeness (QED) is 0.849. The smallest absolute Gasteiger partial charge is 0.259 e. The standard InChI is InChI=1S/C16H16FN3O2.C3H8/c17-11-3-5-12(6-4-11)19-16(21)13-7-8-14(20-15(13)18)22-9-10-1-2-10;1-3-2/h3-8,10H,1-2,9H2,(H2,18,20)(H,19,21);3H2,1-2H3. The number of halogens is 1. The van der Waals surface area contributed by atoms with E-state index in [-0.39, 0.29) is 17.2 Å². The summed E-state index contributed by atoms with van der Waals surface area (Å²) in [6, 6.07) is 8.69. The van der Waals surface area contributed by atoms with E-state index in [1.165, 1.54) is 43.5 Å². The number of hydrogen-bond acceptors (Lipinski definition) is 4. The normalized spacial score (nSPS) is 12.8. The molecule has 3 N–H and O–H groups in total. The minimum atomic E-state index is -0.398. The molecule has 1 heterocycles. The molecule has 1 aromatic carbocycles. The van der Waals surface area contributed by atoms with E-state index in [4.69, 9.17) is 10.5 Å². The second kappa shape index (κ2) is 9.01. The first kappa shape index (κ1) is 18.7. The predicted molar refractivity (Wildman–Crippen MR) is 97.2 cm³/mol. The molecule has 3 rings (SSSR count). The molecule has 6 heteroatoms. The van der Waals surface area contributed by atoms with Crippen LogP contribution < -0.4 is 15.8 Å². The number of aromatic nitrogens is 1. The summed E-state index contributed by atoms with van der Waals surface area (Å²) in [6.45, 7) is 4.88. The van der Waals surface area contributed by atoms with Crippen molar-refractivity contribution in [1.29, 1.82) is 0 Å². The Morgan fingerprint density at radius 1 is 1.24 bits per heavy atom. The van der Waals surface area contributed by atoms with Gasteiger partial charge in [0, 0.05) is 11.8 Å². The minimum Gasteiger partial charge on any atom is -0.477 e. The zero-order valence-electron chi connectivity index (χ0n) is 14.6. The highest BCUT2D eigenvalue weighted by Crippen LogP contribution is 2.29. The molecule has 0 radical (unpaired) electrons. The third kappa shape index (κ3) is 6.06. The third-order valence-corrected chi connectivity index (χ3v) is 3.41. The van der Waals surface area contributed by atoms with Gasteiger partial charge in [0.15, 0.2) is 0 Å². The molecule has 1 aromatic heterocycles. The number of rotatable bonds is 5. The van der Waals surface area contributed by atoms with Crippen LogP contribution in [0.4, 0.5) is 15.9 Å². The van der Waals surface area contributed by atoms with Crippen molar-refractivity contribution >= 4 is 17.4 Å². The van der Waals surface area contributed by atoms with Crippen molar-refractivity contribution in [2.75, 3.05) is 17.7 Å². The average Bonchev–Trinajstić information content (AvgIpc) is 3.40. The maximum Gasteiger partial charge on any atom is 0.259 e. The lowest BCUT2D eigenvalue weighted by atomic mass is 10.2. The highest BCUT2D eigenvalue weighted by molar-refractivity contribution is 6.07. The Morgan fingerprint density at radius 2 is 1.88 bits per heavy atom. The number of carbonyl (C=O) groups excluding carboxylic acids is 1. The van der Waals surface area contributed by atoms with Crippen LogP contribution in [0.2, 0.25) is 0 Å². The van der Waals surface area contributed by atoms with Crippen LogP contribution >= 0.6 is 0 Å². The number of ether oxygens (including phenoxy) is 1. The topological polar surface area (TPSA) is 77.2 Å². The summed E-state index contributed by atoms with van der Waals surface area (Å²) in [7, 11) is 0. The molecule has 134 valence electrons. The van der Waals surface area contributed by atoms with Gasteiger partial charge in [0.05, 0.1) is 12.2 Å². The molecule has 0 unspecified atom stereocenters. The van der Waals surface area contributed by atoms with E-state index in [9.17, 15) is 9.18 Å². The number of carbonyl (C=O) groups is 1. The van der Waals surface area contributed by atoms with Crippen LogP contribution in [0.25, 0.3) is 0 Å². The lowest BCUT2D eigenvalue weighted by molar-refractivity contribution is 0.102. The van der Waals surface area contributed by atoms with Crippen LogP contribution in [0.5, 0.6) is 5.88 Å². The molecule has 5 nitrogen and oxygen atoms in total. The Morgan fingerprint density at radius 3 is 2.44 bits per heavy atom. The summed E-state index contributed by atoms with van der Waals surface area (Å²) in [5.74, 6) is 0.377. The minimum absolute atomic E-state index is 0.105. The van der Waals surface area contributed by atoms with Crippen LogP contribution in [0.3, 0.4) is 0 Å². The lowest BCUT2D eigenvalue weighted by Gasteiger charge is -2.09. The molecule has 0 saturated heterocycles. The van der Waals surface area contributed by atoms with Crippen LogP contribution in [0, 0.1) is 11.7 Å². The van der Waals surface area contributed by atoms with Crippen molar-refractivity contribution < 1.29 is 13.9 Å².